The van der Waals surface area contributed by atoms with E-state index < -0.39 is 0 Å². The average molecular weight is 196 g/mol. The molecule has 2 N–H and O–H groups in total. The van der Waals surface area contributed by atoms with Gasteiger partial charge in [0.2, 0.25) is 0 Å². The Balaban J connectivity index is 2.51. The molecule has 0 atom stereocenters. The lowest BCUT2D eigenvalue weighted by Crippen LogP contribution is -1.81. The molecule has 2 aromatic heterocycles. The first-order valence-electron chi connectivity index (χ1n) is 3.70. The molecule has 68 valence electrons. The van der Waals surface area contributed by atoms with E-state index in [1.165, 1.54) is 11.3 Å². The predicted octanol–water partition coefficient (Wildman–Crippen LogP) is 1.39. The summed E-state index contributed by atoms with van der Waals surface area (Å²) >= 11 is 1.35. The van der Waals surface area contributed by atoms with Crippen LogP contribution in [-0.4, -0.2) is 15.1 Å². The topological polar surface area (TPSA) is 77.8 Å². The second kappa shape index (κ2) is 2.81. The van der Waals surface area contributed by atoms with Crippen molar-refractivity contribution in [3.8, 4) is 10.8 Å². The molecule has 0 aliphatic heterocycles. The minimum absolute atomic E-state index is 0.490. The van der Waals surface area contributed by atoms with Crippen molar-refractivity contribution in [2.24, 2.45) is 0 Å². The highest BCUT2D eigenvalue weighted by Crippen LogP contribution is 2.29. The lowest BCUT2D eigenvalue weighted by molar-refractivity contribution is 0.426. The third kappa shape index (κ3) is 1.40. The standard InChI is InChI=1S/C7H8N4OS/c1-3-5(13-7(8)9-3)6-10-4(2)11-12-6/h1-2H3,(H2,8,9). The molecule has 0 bridgehead atoms. The van der Waals surface area contributed by atoms with Crippen LogP contribution in [0, 0.1) is 13.8 Å². The zero-order valence-electron chi connectivity index (χ0n) is 7.24. The van der Waals surface area contributed by atoms with Gasteiger partial charge in [-0.1, -0.05) is 16.5 Å². The lowest BCUT2D eigenvalue weighted by Gasteiger charge is -1.85. The summed E-state index contributed by atoms with van der Waals surface area (Å²) in [4.78, 5) is 9.00. The number of nitrogen functional groups attached to an aromatic ring is 1. The number of nitrogens with two attached hydrogens (primary N) is 1. The van der Waals surface area contributed by atoms with Crippen molar-refractivity contribution >= 4 is 16.5 Å². The molecule has 0 aliphatic rings. The molecule has 0 fully saturated rings. The molecule has 0 aromatic carbocycles. The Labute approximate surface area is 78.6 Å². The van der Waals surface area contributed by atoms with E-state index in [0.29, 0.717) is 16.8 Å². The Morgan fingerprint density at radius 3 is 2.54 bits per heavy atom. The van der Waals surface area contributed by atoms with Crippen LogP contribution >= 0.6 is 11.3 Å². The first-order chi connectivity index (χ1) is 6.16. The fraction of sp³-hybridized carbons (Fsp3) is 0.286. The van der Waals surface area contributed by atoms with Crippen LogP contribution in [0.25, 0.3) is 10.8 Å². The van der Waals surface area contributed by atoms with Crippen molar-refractivity contribution in [2.75, 3.05) is 5.73 Å². The van der Waals surface area contributed by atoms with E-state index in [0.717, 1.165) is 10.6 Å². The van der Waals surface area contributed by atoms with Gasteiger partial charge in [-0.2, -0.15) is 4.98 Å². The van der Waals surface area contributed by atoms with Gasteiger partial charge in [0.05, 0.1) is 5.69 Å². The molecule has 6 heteroatoms. The average Bonchev–Trinajstić information content (AvgIpc) is 2.58. The summed E-state index contributed by atoms with van der Waals surface area (Å²) in [7, 11) is 0. The fourth-order valence-corrected chi connectivity index (χ4v) is 1.76. The number of aromatic nitrogens is 3. The van der Waals surface area contributed by atoms with Gasteiger partial charge in [0.25, 0.3) is 5.89 Å². The molecule has 0 radical (unpaired) electrons. The summed E-state index contributed by atoms with van der Waals surface area (Å²) in [6.07, 6.45) is 0. The molecule has 5 nitrogen and oxygen atoms in total. The van der Waals surface area contributed by atoms with Crippen LogP contribution in [0.2, 0.25) is 0 Å². The Bertz CT molecular complexity index is 433. The van der Waals surface area contributed by atoms with E-state index in [4.69, 9.17) is 10.3 Å². The van der Waals surface area contributed by atoms with Crippen LogP contribution in [0.1, 0.15) is 11.5 Å². The number of thiazole rings is 1. The van der Waals surface area contributed by atoms with Crippen LogP contribution in [0.3, 0.4) is 0 Å². The number of anilines is 1. The van der Waals surface area contributed by atoms with Gasteiger partial charge in [0, 0.05) is 0 Å². The molecule has 0 saturated heterocycles. The number of hydrogen-bond acceptors (Lipinski definition) is 6. The maximum atomic E-state index is 5.54. The smallest absolute Gasteiger partial charge is 0.269 e. The Morgan fingerprint density at radius 2 is 2.08 bits per heavy atom. The third-order valence-electron chi connectivity index (χ3n) is 1.53. The molecule has 0 spiro atoms. The van der Waals surface area contributed by atoms with Crippen molar-refractivity contribution in [2.45, 2.75) is 13.8 Å². The molecule has 0 aliphatic carbocycles. The van der Waals surface area contributed by atoms with Gasteiger partial charge in [0.15, 0.2) is 11.0 Å². The van der Waals surface area contributed by atoms with Gasteiger partial charge in [-0.25, -0.2) is 4.98 Å². The van der Waals surface area contributed by atoms with Crippen molar-refractivity contribution < 1.29 is 4.52 Å². The van der Waals surface area contributed by atoms with E-state index in [-0.39, 0.29) is 0 Å². The van der Waals surface area contributed by atoms with Crippen LogP contribution in [0.4, 0.5) is 5.13 Å². The van der Waals surface area contributed by atoms with Gasteiger partial charge >= 0.3 is 0 Å². The maximum absolute atomic E-state index is 5.54. The number of aryl methyl sites for hydroxylation is 2. The number of hydrogen-bond donors (Lipinski definition) is 1. The summed E-state index contributed by atoms with van der Waals surface area (Å²) in [5.74, 6) is 1.10. The van der Waals surface area contributed by atoms with E-state index in [9.17, 15) is 0 Å². The maximum Gasteiger partial charge on any atom is 0.269 e. The SMILES string of the molecule is Cc1noc(-c2sc(N)nc2C)n1. The number of rotatable bonds is 1. The third-order valence-corrected chi connectivity index (χ3v) is 2.51. The highest BCUT2D eigenvalue weighted by atomic mass is 32.1. The Morgan fingerprint density at radius 1 is 1.31 bits per heavy atom. The predicted molar refractivity (Wildman–Crippen MR) is 49.3 cm³/mol. The first-order valence-corrected chi connectivity index (χ1v) is 4.52. The molecule has 2 aromatic rings. The monoisotopic (exact) mass is 196 g/mol. The van der Waals surface area contributed by atoms with Crippen LogP contribution in [0.5, 0.6) is 0 Å². The van der Waals surface area contributed by atoms with Gasteiger partial charge in [-0.3, -0.25) is 0 Å². The summed E-state index contributed by atoms with van der Waals surface area (Å²) < 4.78 is 5.00. The van der Waals surface area contributed by atoms with Crippen molar-refractivity contribution in [1.82, 2.24) is 15.1 Å². The van der Waals surface area contributed by atoms with Crippen LogP contribution in [0.15, 0.2) is 4.52 Å². The summed E-state index contributed by atoms with van der Waals surface area (Å²) in [5, 5.41) is 4.21. The highest BCUT2D eigenvalue weighted by Gasteiger charge is 2.13. The largest absolute Gasteiger partial charge is 0.375 e. The summed E-state index contributed by atoms with van der Waals surface area (Å²) in [6, 6.07) is 0. The van der Waals surface area contributed by atoms with Gasteiger partial charge in [-0.05, 0) is 13.8 Å². The second-order valence-electron chi connectivity index (χ2n) is 2.61. The normalized spacial score (nSPS) is 10.6. The molecule has 0 unspecified atom stereocenters. The molecule has 2 heterocycles. The van der Waals surface area contributed by atoms with Gasteiger partial charge < -0.3 is 10.3 Å². The van der Waals surface area contributed by atoms with Crippen LogP contribution < -0.4 is 5.73 Å². The van der Waals surface area contributed by atoms with E-state index in [1.54, 1.807) is 6.92 Å². The Hall–Kier alpha value is -1.43. The molecule has 0 amide bonds. The quantitative estimate of drug-likeness (QED) is 0.745. The highest BCUT2D eigenvalue weighted by molar-refractivity contribution is 7.18. The minimum Gasteiger partial charge on any atom is -0.375 e. The second-order valence-corrected chi connectivity index (χ2v) is 3.64. The zero-order valence-corrected chi connectivity index (χ0v) is 8.05. The van der Waals surface area contributed by atoms with Crippen molar-refractivity contribution in [1.29, 1.82) is 0 Å². The van der Waals surface area contributed by atoms with Crippen molar-refractivity contribution in [3.63, 3.8) is 0 Å². The van der Waals surface area contributed by atoms with E-state index in [2.05, 4.69) is 15.1 Å². The zero-order chi connectivity index (χ0) is 9.42. The molecular formula is C7H8N4OS. The van der Waals surface area contributed by atoms with Crippen LogP contribution in [-0.2, 0) is 0 Å². The van der Waals surface area contributed by atoms with E-state index in [1.807, 2.05) is 6.92 Å². The minimum atomic E-state index is 0.490. The number of nitrogens with zero attached hydrogens (tertiary/aromatic N) is 3. The molecule has 2 rings (SSSR count). The van der Waals surface area contributed by atoms with E-state index >= 15 is 0 Å². The van der Waals surface area contributed by atoms with Gasteiger partial charge in [-0.15, -0.1) is 0 Å². The Kier molecular flexibility index (Phi) is 1.77. The first kappa shape index (κ1) is 8.18. The molecule has 13 heavy (non-hydrogen) atoms. The molecule has 0 saturated carbocycles. The molecular weight excluding hydrogens is 188 g/mol. The van der Waals surface area contributed by atoms with Gasteiger partial charge in [0.1, 0.15) is 4.88 Å². The van der Waals surface area contributed by atoms with Crippen molar-refractivity contribution in [3.05, 3.63) is 11.5 Å². The fourth-order valence-electron chi connectivity index (χ4n) is 1.01. The summed E-state index contributed by atoms with van der Waals surface area (Å²) in [5.41, 5.74) is 6.37. The summed E-state index contributed by atoms with van der Waals surface area (Å²) in [6.45, 7) is 3.63. The lowest BCUT2D eigenvalue weighted by atomic mass is 10.4.